The van der Waals surface area contributed by atoms with Crippen LogP contribution in [0.2, 0.25) is 5.15 Å². The molecule has 1 rings (SSSR count). The van der Waals surface area contributed by atoms with E-state index in [1.165, 1.54) is 0 Å². The lowest BCUT2D eigenvalue weighted by atomic mass is 10.3. The first kappa shape index (κ1) is 11.8. The number of amides is 1. The molecule has 0 aliphatic rings. The summed E-state index contributed by atoms with van der Waals surface area (Å²) in [7, 11) is 0. The van der Waals surface area contributed by atoms with E-state index in [0.717, 1.165) is 0 Å². The molecule has 0 saturated heterocycles. The van der Waals surface area contributed by atoms with Crippen molar-refractivity contribution >= 4 is 23.3 Å². The number of nitrogens with one attached hydrogen (secondary N) is 2. The normalized spacial score (nSPS) is 11.9. The van der Waals surface area contributed by atoms with E-state index in [1.807, 2.05) is 6.92 Å². The number of carbonyl (C=O) groups excluding carboxylic acids is 1. The van der Waals surface area contributed by atoms with Gasteiger partial charge in [0, 0.05) is 6.54 Å². The molecule has 1 amide bonds. The van der Waals surface area contributed by atoms with E-state index in [4.69, 9.17) is 11.6 Å². The number of hydrogen-bond acceptors (Lipinski definition) is 3. The lowest BCUT2D eigenvalue weighted by molar-refractivity contribution is -0.121. The Morgan fingerprint density at radius 1 is 1.60 bits per heavy atom. The van der Waals surface area contributed by atoms with Crippen LogP contribution in [0.25, 0.3) is 0 Å². The van der Waals surface area contributed by atoms with E-state index in [0.29, 0.717) is 17.5 Å². The van der Waals surface area contributed by atoms with Gasteiger partial charge < -0.3 is 10.6 Å². The van der Waals surface area contributed by atoms with Crippen molar-refractivity contribution < 1.29 is 4.79 Å². The average molecular weight is 228 g/mol. The summed E-state index contributed by atoms with van der Waals surface area (Å²) in [6.45, 7) is 4.27. The highest BCUT2D eigenvalue weighted by molar-refractivity contribution is 6.29. The minimum absolute atomic E-state index is 0.0562. The van der Waals surface area contributed by atoms with Gasteiger partial charge in [0.05, 0.1) is 0 Å². The van der Waals surface area contributed by atoms with Gasteiger partial charge >= 0.3 is 0 Å². The van der Waals surface area contributed by atoms with Gasteiger partial charge in [-0.1, -0.05) is 17.7 Å². The third-order valence-corrected chi connectivity index (χ3v) is 2.03. The minimum atomic E-state index is -0.323. The van der Waals surface area contributed by atoms with E-state index < -0.39 is 0 Å². The molecule has 1 heterocycles. The van der Waals surface area contributed by atoms with Crippen LogP contribution in [0.5, 0.6) is 0 Å². The molecule has 0 aliphatic carbocycles. The first-order valence-electron chi connectivity index (χ1n) is 4.80. The first-order chi connectivity index (χ1) is 7.13. The quantitative estimate of drug-likeness (QED) is 0.770. The highest BCUT2D eigenvalue weighted by atomic mass is 35.5. The molecule has 4 nitrogen and oxygen atoms in total. The molecule has 0 bridgehead atoms. The summed E-state index contributed by atoms with van der Waals surface area (Å²) < 4.78 is 0. The van der Waals surface area contributed by atoms with Crippen LogP contribution in [0.15, 0.2) is 18.2 Å². The van der Waals surface area contributed by atoms with Crippen LogP contribution in [0.4, 0.5) is 5.82 Å². The summed E-state index contributed by atoms with van der Waals surface area (Å²) in [6.07, 6.45) is 0. The highest BCUT2D eigenvalue weighted by Gasteiger charge is 2.11. The van der Waals surface area contributed by atoms with Gasteiger partial charge in [0.25, 0.3) is 0 Å². The van der Waals surface area contributed by atoms with Gasteiger partial charge in [0.15, 0.2) is 0 Å². The lowest BCUT2D eigenvalue weighted by Gasteiger charge is -2.13. The van der Waals surface area contributed by atoms with E-state index >= 15 is 0 Å². The topological polar surface area (TPSA) is 54.0 Å². The van der Waals surface area contributed by atoms with Gasteiger partial charge in [-0.2, -0.15) is 0 Å². The van der Waals surface area contributed by atoms with Gasteiger partial charge in [-0.05, 0) is 26.0 Å². The zero-order valence-electron chi connectivity index (χ0n) is 8.75. The van der Waals surface area contributed by atoms with Crippen LogP contribution in [-0.4, -0.2) is 23.5 Å². The van der Waals surface area contributed by atoms with Crippen molar-refractivity contribution in [2.45, 2.75) is 19.9 Å². The van der Waals surface area contributed by atoms with Crippen LogP contribution >= 0.6 is 11.6 Å². The second-order valence-electron chi connectivity index (χ2n) is 3.11. The third kappa shape index (κ3) is 3.75. The maximum Gasteiger partial charge on any atom is 0.242 e. The Morgan fingerprint density at radius 2 is 2.33 bits per heavy atom. The highest BCUT2D eigenvalue weighted by Crippen LogP contribution is 2.09. The summed E-state index contributed by atoms with van der Waals surface area (Å²) in [5, 5.41) is 6.08. The molecule has 1 aromatic heterocycles. The summed E-state index contributed by atoms with van der Waals surface area (Å²) in [5.74, 6) is 0.542. The fourth-order valence-corrected chi connectivity index (χ4v) is 1.27. The molecule has 1 atom stereocenters. The van der Waals surface area contributed by atoms with E-state index in [-0.39, 0.29) is 11.9 Å². The molecule has 1 aromatic rings. The van der Waals surface area contributed by atoms with Gasteiger partial charge in [-0.25, -0.2) is 4.98 Å². The molecular weight excluding hydrogens is 214 g/mol. The van der Waals surface area contributed by atoms with Crippen molar-refractivity contribution in [2.75, 3.05) is 11.9 Å². The number of halogens is 1. The molecule has 0 saturated carbocycles. The van der Waals surface area contributed by atoms with Crippen LogP contribution in [-0.2, 0) is 4.79 Å². The summed E-state index contributed by atoms with van der Waals surface area (Å²) in [4.78, 5) is 15.4. The zero-order chi connectivity index (χ0) is 11.3. The molecule has 5 heteroatoms. The average Bonchev–Trinajstić information content (AvgIpc) is 2.18. The van der Waals surface area contributed by atoms with Gasteiger partial charge in [-0.3, -0.25) is 4.79 Å². The largest absolute Gasteiger partial charge is 0.359 e. The number of carbonyl (C=O) groups is 1. The molecule has 0 radical (unpaired) electrons. The van der Waals surface area contributed by atoms with E-state index in [1.54, 1.807) is 25.1 Å². The summed E-state index contributed by atoms with van der Waals surface area (Å²) >= 11 is 5.72. The van der Waals surface area contributed by atoms with E-state index in [9.17, 15) is 4.79 Å². The Morgan fingerprint density at radius 3 is 2.93 bits per heavy atom. The number of aromatic nitrogens is 1. The molecule has 2 N–H and O–H groups in total. The van der Waals surface area contributed by atoms with E-state index in [2.05, 4.69) is 15.6 Å². The molecule has 82 valence electrons. The maximum absolute atomic E-state index is 11.4. The number of nitrogens with zero attached hydrogens (tertiary/aromatic N) is 1. The molecule has 0 fully saturated rings. The van der Waals surface area contributed by atoms with Gasteiger partial charge in [-0.15, -0.1) is 0 Å². The Hall–Kier alpha value is -1.29. The second kappa shape index (κ2) is 5.56. The molecule has 0 spiro atoms. The minimum Gasteiger partial charge on any atom is -0.359 e. The number of anilines is 1. The zero-order valence-corrected chi connectivity index (χ0v) is 9.51. The van der Waals surface area contributed by atoms with Crippen LogP contribution < -0.4 is 10.6 Å². The predicted molar refractivity (Wildman–Crippen MR) is 61.0 cm³/mol. The summed E-state index contributed by atoms with van der Waals surface area (Å²) in [5.41, 5.74) is 0. The Kier molecular flexibility index (Phi) is 4.37. The molecule has 15 heavy (non-hydrogen) atoms. The Bertz CT molecular complexity index is 343. The number of pyridine rings is 1. The monoisotopic (exact) mass is 227 g/mol. The molecule has 0 aliphatic heterocycles. The van der Waals surface area contributed by atoms with Gasteiger partial charge in [0.1, 0.15) is 17.0 Å². The smallest absolute Gasteiger partial charge is 0.242 e. The van der Waals surface area contributed by atoms with Crippen molar-refractivity contribution in [1.29, 1.82) is 0 Å². The van der Waals surface area contributed by atoms with Crippen molar-refractivity contribution in [2.24, 2.45) is 0 Å². The Balaban J connectivity index is 2.58. The van der Waals surface area contributed by atoms with Crippen LogP contribution in [0.1, 0.15) is 13.8 Å². The molecule has 0 aromatic carbocycles. The van der Waals surface area contributed by atoms with Crippen molar-refractivity contribution in [3.05, 3.63) is 23.4 Å². The molecule has 1 unspecified atom stereocenters. The van der Waals surface area contributed by atoms with Gasteiger partial charge in [0.2, 0.25) is 5.91 Å². The second-order valence-corrected chi connectivity index (χ2v) is 3.49. The fourth-order valence-electron chi connectivity index (χ4n) is 1.10. The third-order valence-electron chi connectivity index (χ3n) is 1.82. The SMILES string of the molecule is CCNC(=O)C(C)Nc1cccc(Cl)n1. The number of likely N-dealkylation sites (N-methyl/N-ethyl adjacent to an activating group) is 1. The standard InChI is InChI=1S/C10H14ClN3O/c1-3-12-10(15)7(2)13-9-6-4-5-8(11)14-9/h4-7H,3H2,1-2H3,(H,12,15)(H,13,14). The van der Waals surface area contributed by atoms with Crippen LogP contribution in [0, 0.1) is 0 Å². The Labute approximate surface area is 94.0 Å². The van der Waals surface area contributed by atoms with Crippen molar-refractivity contribution in [3.8, 4) is 0 Å². The first-order valence-corrected chi connectivity index (χ1v) is 5.18. The number of hydrogen-bond donors (Lipinski definition) is 2. The van der Waals surface area contributed by atoms with Crippen LogP contribution in [0.3, 0.4) is 0 Å². The predicted octanol–water partition coefficient (Wildman–Crippen LogP) is 1.67. The number of rotatable bonds is 4. The maximum atomic E-state index is 11.4. The lowest BCUT2D eigenvalue weighted by Crippen LogP contribution is -2.37. The van der Waals surface area contributed by atoms with Crippen molar-refractivity contribution in [1.82, 2.24) is 10.3 Å². The fraction of sp³-hybridized carbons (Fsp3) is 0.400. The molecular formula is C10H14ClN3O. The summed E-state index contributed by atoms with van der Waals surface area (Å²) in [6, 6.07) is 4.91. The van der Waals surface area contributed by atoms with Crippen molar-refractivity contribution in [3.63, 3.8) is 0 Å².